The molecule has 0 bridgehead atoms. The van der Waals surface area contributed by atoms with Gasteiger partial charge in [-0.25, -0.2) is 4.98 Å². The van der Waals surface area contributed by atoms with Crippen molar-refractivity contribution in [1.82, 2.24) is 4.98 Å². The van der Waals surface area contributed by atoms with Gasteiger partial charge in [-0.05, 0) is 43.0 Å². The molecule has 0 atom stereocenters. The normalized spacial score (nSPS) is 12.4. The predicted octanol–water partition coefficient (Wildman–Crippen LogP) is 5.06. The molecule has 0 amide bonds. The van der Waals surface area contributed by atoms with Crippen LogP contribution in [0.2, 0.25) is 0 Å². The molecule has 0 saturated heterocycles. The summed E-state index contributed by atoms with van der Waals surface area (Å²) in [7, 11) is 0. The van der Waals surface area contributed by atoms with Crippen LogP contribution in [-0.2, 0) is 0 Å². The summed E-state index contributed by atoms with van der Waals surface area (Å²) in [5.41, 5.74) is 3.67. The van der Waals surface area contributed by atoms with E-state index in [1.54, 1.807) is 36.4 Å². The molecule has 1 heterocycles. The monoisotopic (exact) mass is 470 g/mol. The Hall–Kier alpha value is -4.77. The molecule has 0 saturated carbocycles. The van der Waals surface area contributed by atoms with Crippen LogP contribution >= 0.6 is 0 Å². The van der Waals surface area contributed by atoms with E-state index in [4.69, 9.17) is 0 Å². The molecule has 1 aliphatic carbocycles. The molecule has 36 heavy (non-hydrogen) atoms. The molecule has 1 aliphatic heterocycles. The summed E-state index contributed by atoms with van der Waals surface area (Å²) in [6, 6.07) is 25.9. The van der Waals surface area contributed by atoms with Crippen molar-refractivity contribution in [1.29, 1.82) is 0 Å². The van der Waals surface area contributed by atoms with Crippen LogP contribution in [0.1, 0.15) is 16.7 Å². The molecule has 2 aliphatic rings. The van der Waals surface area contributed by atoms with E-state index < -0.39 is 5.56 Å². The van der Waals surface area contributed by atoms with Gasteiger partial charge in [0.25, 0.3) is 5.56 Å². The van der Waals surface area contributed by atoms with Gasteiger partial charge in [-0.15, -0.1) is 0 Å². The number of aliphatic hydroxyl groups is 1. The minimum atomic E-state index is -0.531. The van der Waals surface area contributed by atoms with Crippen LogP contribution in [0, 0.1) is 24.3 Å². The lowest BCUT2D eigenvalue weighted by atomic mass is 9.95. The molecule has 174 valence electrons. The topological polar surface area (TPSA) is 79.3 Å². The highest BCUT2D eigenvalue weighted by molar-refractivity contribution is 5.96. The van der Waals surface area contributed by atoms with Crippen LogP contribution < -0.4 is 21.5 Å². The van der Waals surface area contributed by atoms with Crippen molar-refractivity contribution in [3.63, 3.8) is 0 Å². The third kappa shape index (κ3) is 3.28. The Morgan fingerprint density at radius 1 is 0.806 bits per heavy atom. The van der Waals surface area contributed by atoms with Crippen LogP contribution in [0.5, 0.6) is 0 Å². The van der Waals surface area contributed by atoms with Crippen LogP contribution in [0.15, 0.2) is 94.5 Å². The fourth-order valence-corrected chi connectivity index (χ4v) is 4.97. The maximum Gasteiger partial charge on any atom is 0.282 e. The van der Waals surface area contributed by atoms with E-state index in [1.165, 1.54) is 0 Å². The second kappa shape index (κ2) is 8.17. The van der Waals surface area contributed by atoms with E-state index >= 15 is 0 Å². The van der Waals surface area contributed by atoms with Crippen molar-refractivity contribution in [3.8, 4) is 0 Å². The second-order valence-electron chi connectivity index (χ2n) is 9.09. The number of aryl methyl sites for hydroxylation is 2. The predicted molar refractivity (Wildman–Crippen MR) is 144 cm³/mol. The maximum atomic E-state index is 13.9. The zero-order valence-electron chi connectivity index (χ0n) is 19.8. The van der Waals surface area contributed by atoms with Gasteiger partial charge in [0.2, 0.25) is 0 Å². The smallest absolute Gasteiger partial charge is 0.282 e. The summed E-state index contributed by atoms with van der Waals surface area (Å²) in [5.74, 6) is -0.158. The first-order valence-electron chi connectivity index (χ1n) is 11.7. The number of fused-ring (bicyclic) bond motifs is 2. The van der Waals surface area contributed by atoms with Crippen molar-refractivity contribution in [2.24, 2.45) is 0 Å². The van der Waals surface area contributed by atoms with E-state index in [0.29, 0.717) is 43.4 Å². The molecule has 0 spiro atoms. The number of nitrogens with one attached hydrogen (secondary N) is 1. The zero-order chi connectivity index (χ0) is 25.0. The van der Waals surface area contributed by atoms with Gasteiger partial charge in [0.05, 0.1) is 21.8 Å². The SMILES string of the molecule is Cc1ccc(Nc2cc(C)c3nc(=O)c(=C(O)c4ccccc4)c4c5ccccc5c(=O)c2c3=4)cc1. The average Bonchev–Trinajstić information content (AvgIpc) is 2.89. The number of benzene rings is 4. The van der Waals surface area contributed by atoms with Gasteiger partial charge >= 0.3 is 0 Å². The third-order valence-corrected chi connectivity index (χ3v) is 6.70. The van der Waals surface area contributed by atoms with Gasteiger partial charge in [0.1, 0.15) is 5.76 Å². The Balaban J connectivity index is 1.89. The van der Waals surface area contributed by atoms with Gasteiger partial charge in [-0.3, -0.25) is 9.59 Å². The minimum absolute atomic E-state index is 0.0989. The fraction of sp³-hybridized carbons (Fsp3) is 0.0645. The van der Waals surface area contributed by atoms with E-state index in [2.05, 4.69) is 10.3 Å². The highest BCUT2D eigenvalue weighted by Crippen LogP contribution is 2.29. The molecule has 4 aromatic carbocycles. The molecular weight excluding hydrogens is 448 g/mol. The summed E-state index contributed by atoms with van der Waals surface area (Å²) in [6.45, 7) is 3.89. The number of hydrogen-bond donors (Lipinski definition) is 2. The lowest BCUT2D eigenvalue weighted by molar-refractivity contribution is 0.506. The summed E-state index contributed by atoms with van der Waals surface area (Å²) < 4.78 is 0. The lowest BCUT2D eigenvalue weighted by Gasteiger charge is -2.14. The average molecular weight is 471 g/mol. The summed E-state index contributed by atoms with van der Waals surface area (Å²) >= 11 is 0. The molecule has 5 nitrogen and oxygen atoms in total. The highest BCUT2D eigenvalue weighted by atomic mass is 16.3. The molecular formula is C31H22N2O3. The minimum Gasteiger partial charge on any atom is -0.506 e. The zero-order valence-corrected chi connectivity index (χ0v) is 19.8. The Bertz CT molecular complexity index is 2020. The van der Waals surface area contributed by atoms with E-state index in [1.807, 2.05) is 62.4 Å². The van der Waals surface area contributed by atoms with Crippen molar-refractivity contribution in [3.05, 3.63) is 138 Å². The van der Waals surface area contributed by atoms with Crippen LogP contribution in [-0.4, -0.2) is 10.1 Å². The lowest BCUT2D eigenvalue weighted by Crippen LogP contribution is -2.33. The van der Waals surface area contributed by atoms with E-state index in [0.717, 1.165) is 16.8 Å². The van der Waals surface area contributed by atoms with Gasteiger partial charge in [0.15, 0.2) is 5.43 Å². The first kappa shape index (κ1) is 21.7. The Morgan fingerprint density at radius 3 is 2.19 bits per heavy atom. The van der Waals surface area contributed by atoms with Crippen molar-refractivity contribution in [2.75, 3.05) is 5.32 Å². The molecule has 2 N–H and O–H groups in total. The van der Waals surface area contributed by atoms with Crippen molar-refractivity contribution in [2.45, 2.75) is 13.8 Å². The largest absolute Gasteiger partial charge is 0.506 e. The molecule has 0 radical (unpaired) electrons. The van der Waals surface area contributed by atoms with Crippen LogP contribution in [0.4, 0.5) is 11.4 Å². The number of aromatic nitrogens is 1. The first-order chi connectivity index (χ1) is 17.4. The number of hydrogen-bond acceptors (Lipinski definition) is 5. The fourth-order valence-electron chi connectivity index (χ4n) is 4.97. The quantitative estimate of drug-likeness (QED) is 0.378. The summed E-state index contributed by atoms with van der Waals surface area (Å²) in [4.78, 5) is 31.7. The molecule has 0 unspecified atom stereocenters. The molecule has 6 rings (SSSR count). The van der Waals surface area contributed by atoms with Gasteiger partial charge in [-0.2, -0.15) is 0 Å². The molecule has 0 aromatic heterocycles. The standard InChI is InChI=1S/C31H22N2O3/c1-17-12-14-20(15-13-17)32-23-16-18(2)28-26-24(21-10-6-7-11-22(21)30(35)25(23)26)27(31(36)33-28)29(34)19-8-4-3-5-9-19/h3-16,32,34H,1-2H3. The Kier molecular flexibility index (Phi) is 4.93. The first-order valence-corrected chi connectivity index (χ1v) is 11.7. The number of aliphatic hydroxyl groups excluding tert-OH is 1. The van der Waals surface area contributed by atoms with Crippen molar-refractivity contribution >= 4 is 38.8 Å². The van der Waals surface area contributed by atoms with Gasteiger partial charge in [-0.1, -0.05) is 72.3 Å². The van der Waals surface area contributed by atoms with Crippen LogP contribution in [0.25, 0.3) is 27.4 Å². The van der Waals surface area contributed by atoms with Gasteiger partial charge in [0, 0.05) is 27.1 Å². The number of rotatable bonds is 3. The van der Waals surface area contributed by atoms with E-state index in [9.17, 15) is 14.7 Å². The highest BCUT2D eigenvalue weighted by Gasteiger charge is 2.19. The second-order valence-corrected chi connectivity index (χ2v) is 9.09. The van der Waals surface area contributed by atoms with Crippen LogP contribution in [0.3, 0.4) is 0 Å². The number of nitrogens with zero attached hydrogens (tertiary/aromatic N) is 1. The maximum absolute atomic E-state index is 13.9. The summed E-state index contributed by atoms with van der Waals surface area (Å²) in [6.07, 6.45) is 0. The molecule has 5 heteroatoms. The summed E-state index contributed by atoms with van der Waals surface area (Å²) in [5, 5.41) is 17.5. The Labute approximate surface area is 206 Å². The van der Waals surface area contributed by atoms with E-state index in [-0.39, 0.29) is 16.4 Å². The Morgan fingerprint density at radius 2 is 1.47 bits per heavy atom. The molecule has 4 aromatic rings. The molecule has 0 fully saturated rings. The number of anilines is 2. The van der Waals surface area contributed by atoms with Crippen molar-refractivity contribution < 1.29 is 5.11 Å². The third-order valence-electron chi connectivity index (χ3n) is 6.70. The van der Waals surface area contributed by atoms with Gasteiger partial charge < -0.3 is 10.4 Å².